The molecule has 0 unspecified atom stereocenters. The first-order valence-corrected chi connectivity index (χ1v) is 9.96. The molecule has 0 bridgehead atoms. The molecule has 7 nitrogen and oxygen atoms in total. The Kier molecular flexibility index (Phi) is 6.22. The van der Waals surface area contributed by atoms with E-state index in [1.54, 1.807) is 32.9 Å². The van der Waals surface area contributed by atoms with E-state index in [1.165, 1.54) is 19.2 Å². The molecule has 0 fully saturated rings. The highest BCUT2D eigenvalue weighted by Gasteiger charge is 2.29. The van der Waals surface area contributed by atoms with Crippen LogP contribution in [0.25, 0.3) is 0 Å². The first-order valence-electron chi connectivity index (χ1n) is 8.52. The zero-order valence-electron chi connectivity index (χ0n) is 16.1. The standard InChI is InChI=1S/C19H24N2O5S/c1-6-26-19(23)18-14(4)20-13(3)17(18)16(22)11-21(5)27(24,25)15-9-7-12(2)8-10-15/h7-10,20H,6,11H2,1-5H3. The van der Waals surface area contributed by atoms with E-state index in [2.05, 4.69) is 4.98 Å². The van der Waals surface area contributed by atoms with Crippen molar-refractivity contribution >= 4 is 21.8 Å². The number of hydrogen-bond acceptors (Lipinski definition) is 5. The lowest BCUT2D eigenvalue weighted by atomic mass is 10.0. The van der Waals surface area contributed by atoms with Crippen LogP contribution >= 0.6 is 0 Å². The number of hydrogen-bond donors (Lipinski definition) is 1. The number of nitrogens with one attached hydrogen (secondary N) is 1. The number of esters is 1. The molecule has 0 aliphatic heterocycles. The van der Waals surface area contributed by atoms with Crippen LogP contribution in [0.15, 0.2) is 29.2 Å². The van der Waals surface area contributed by atoms with Crippen molar-refractivity contribution in [3.05, 3.63) is 52.3 Å². The van der Waals surface area contributed by atoms with E-state index in [9.17, 15) is 18.0 Å². The highest BCUT2D eigenvalue weighted by Crippen LogP contribution is 2.22. The highest BCUT2D eigenvalue weighted by atomic mass is 32.2. The molecule has 0 amide bonds. The summed E-state index contributed by atoms with van der Waals surface area (Å²) in [5, 5.41) is 0. The van der Waals surface area contributed by atoms with E-state index in [0.29, 0.717) is 11.4 Å². The Morgan fingerprint density at radius 1 is 1.04 bits per heavy atom. The van der Waals surface area contributed by atoms with Crippen molar-refractivity contribution in [3.8, 4) is 0 Å². The van der Waals surface area contributed by atoms with Crippen molar-refractivity contribution in [1.82, 2.24) is 9.29 Å². The van der Waals surface area contributed by atoms with E-state index >= 15 is 0 Å². The minimum Gasteiger partial charge on any atom is -0.462 e. The number of carbonyl (C=O) groups is 2. The maximum absolute atomic E-state index is 12.8. The van der Waals surface area contributed by atoms with Crippen molar-refractivity contribution in [2.24, 2.45) is 0 Å². The summed E-state index contributed by atoms with van der Waals surface area (Å²) < 4.78 is 31.4. The Labute approximate surface area is 159 Å². The predicted molar refractivity (Wildman–Crippen MR) is 102 cm³/mol. The fourth-order valence-electron chi connectivity index (χ4n) is 2.84. The average molecular weight is 392 g/mol. The van der Waals surface area contributed by atoms with E-state index in [0.717, 1.165) is 9.87 Å². The van der Waals surface area contributed by atoms with E-state index in [1.807, 2.05) is 6.92 Å². The smallest absolute Gasteiger partial charge is 0.340 e. The van der Waals surface area contributed by atoms with E-state index in [4.69, 9.17) is 4.74 Å². The Hall–Kier alpha value is -2.45. The summed E-state index contributed by atoms with van der Waals surface area (Å²) >= 11 is 0. The van der Waals surface area contributed by atoms with Gasteiger partial charge in [0.2, 0.25) is 10.0 Å². The highest BCUT2D eigenvalue weighted by molar-refractivity contribution is 7.89. The molecule has 2 rings (SSSR count). The van der Waals surface area contributed by atoms with Crippen molar-refractivity contribution in [2.75, 3.05) is 20.2 Å². The maximum atomic E-state index is 12.8. The summed E-state index contributed by atoms with van der Waals surface area (Å²) in [4.78, 5) is 28.1. The lowest BCUT2D eigenvalue weighted by Gasteiger charge is -2.17. The molecular formula is C19H24N2O5S. The number of aromatic nitrogens is 1. The van der Waals surface area contributed by atoms with Crippen LogP contribution in [-0.4, -0.2) is 49.7 Å². The lowest BCUT2D eigenvalue weighted by Crippen LogP contribution is -2.33. The summed E-state index contributed by atoms with van der Waals surface area (Å²) in [6, 6.07) is 6.39. The van der Waals surface area contributed by atoms with Gasteiger partial charge >= 0.3 is 5.97 Å². The topological polar surface area (TPSA) is 96.5 Å². The number of aryl methyl sites for hydroxylation is 3. The summed E-state index contributed by atoms with van der Waals surface area (Å²) in [6.07, 6.45) is 0. The van der Waals surface area contributed by atoms with Gasteiger partial charge in [-0.2, -0.15) is 4.31 Å². The largest absolute Gasteiger partial charge is 0.462 e. The lowest BCUT2D eigenvalue weighted by molar-refractivity contribution is 0.0522. The Morgan fingerprint density at radius 3 is 2.15 bits per heavy atom. The molecule has 1 N–H and O–H groups in total. The van der Waals surface area contributed by atoms with Crippen LogP contribution in [0.2, 0.25) is 0 Å². The predicted octanol–water partition coefficient (Wildman–Crippen LogP) is 2.62. The van der Waals surface area contributed by atoms with Crippen LogP contribution in [0.5, 0.6) is 0 Å². The third kappa shape index (κ3) is 4.28. The average Bonchev–Trinajstić information content (AvgIpc) is 2.89. The maximum Gasteiger partial charge on any atom is 0.340 e. The second-order valence-corrected chi connectivity index (χ2v) is 8.39. The van der Waals surface area contributed by atoms with E-state index in [-0.39, 0.29) is 29.2 Å². The minimum absolute atomic E-state index is 0.107. The molecule has 0 radical (unpaired) electrons. The third-order valence-corrected chi connectivity index (χ3v) is 6.05. The van der Waals surface area contributed by atoms with Gasteiger partial charge in [-0.1, -0.05) is 17.7 Å². The SMILES string of the molecule is CCOC(=O)c1c(C)[nH]c(C)c1C(=O)CN(C)S(=O)(=O)c1ccc(C)cc1. The monoisotopic (exact) mass is 392 g/mol. The van der Waals surface area contributed by atoms with Gasteiger partial charge in [-0.15, -0.1) is 0 Å². The van der Waals surface area contributed by atoms with E-state index < -0.39 is 21.8 Å². The number of ether oxygens (including phenoxy) is 1. The number of H-pyrrole nitrogens is 1. The van der Waals surface area contributed by atoms with Gasteiger partial charge < -0.3 is 9.72 Å². The minimum atomic E-state index is -3.82. The Morgan fingerprint density at radius 2 is 1.59 bits per heavy atom. The fourth-order valence-corrected chi connectivity index (χ4v) is 3.97. The number of carbonyl (C=O) groups excluding carboxylic acids is 2. The quantitative estimate of drug-likeness (QED) is 0.577. The van der Waals surface area contributed by atoms with Gasteiger partial charge in [0.25, 0.3) is 0 Å². The molecule has 0 saturated carbocycles. The summed E-state index contributed by atoms with van der Waals surface area (Å²) in [6.45, 7) is 6.66. The number of benzene rings is 1. The number of sulfonamides is 1. The number of aromatic amines is 1. The fraction of sp³-hybridized carbons (Fsp3) is 0.368. The molecule has 0 saturated heterocycles. The Balaban J connectivity index is 2.32. The van der Waals surface area contributed by atoms with Crippen molar-refractivity contribution < 1.29 is 22.7 Å². The molecule has 2 aromatic rings. The number of ketones is 1. The number of likely N-dealkylation sites (N-methyl/N-ethyl adjacent to an activating group) is 1. The van der Waals surface area contributed by atoms with Crippen LogP contribution < -0.4 is 0 Å². The number of rotatable bonds is 7. The van der Waals surface area contributed by atoms with Crippen LogP contribution in [0.4, 0.5) is 0 Å². The van der Waals surface area contributed by atoms with Crippen LogP contribution in [0.1, 0.15) is 44.6 Å². The second kappa shape index (κ2) is 8.06. The normalized spacial score (nSPS) is 11.6. The second-order valence-electron chi connectivity index (χ2n) is 6.34. The molecule has 27 heavy (non-hydrogen) atoms. The summed E-state index contributed by atoms with van der Waals surface area (Å²) in [7, 11) is -2.48. The van der Waals surface area contributed by atoms with Gasteiger partial charge in [-0.25, -0.2) is 13.2 Å². The van der Waals surface area contributed by atoms with Crippen LogP contribution in [0, 0.1) is 20.8 Å². The molecule has 0 aliphatic carbocycles. The summed E-state index contributed by atoms with van der Waals surface area (Å²) in [5.74, 6) is -1.08. The van der Waals surface area contributed by atoms with Crippen LogP contribution in [-0.2, 0) is 14.8 Å². The van der Waals surface area contributed by atoms with Crippen molar-refractivity contribution in [3.63, 3.8) is 0 Å². The molecular weight excluding hydrogens is 368 g/mol. The Bertz CT molecular complexity index is 959. The van der Waals surface area contributed by atoms with Crippen LogP contribution in [0.3, 0.4) is 0 Å². The number of nitrogens with zero attached hydrogens (tertiary/aromatic N) is 1. The molecule has 0 atom stereocenters. The summed E-state index contributed by atoms with van der Waals surface area (Å²) in [5.41, 5.74) is 2.27. The molecule has 146 valence electrons. The molecule has 1 heterocycles. The van der Waals surface area contributed by atoms with Gasteiger partial charge in [0.05, 0.1) is 29.2 Å². The molecule has 1 aromatic carbocycles. The van der Waals surface area contributed by atoms with Crippen molar-refractivity contribution in [2.45, 2.75) is 32.6 Å². The molecule has 8 heteroatoms. The van der Waals surface area contributed by atoms with Crippen molar-refractivity contribution in [1.29, 1.82) is 0 Å². The third-order valence-electron chi connectivity index (χ3n) is 4.23. The van der Waals surface area contributed by atoms with Gasteiger partial charge in [0, 0.05) is 18.4 Å². The van der Waals surface area contributed by atoms with Gasteiger partial charge in [-0.05, 0) is 39.8 Å². The first-order chi connectivity index (χ1) is 12.6. The zero-order valence-corrected chi connectivity index (χ0v) is 16.9. The molecule has 0 spiro atoms. The number of Topliss-reactive ketones (excluding diaryl/α,β-unsaturated/α-hetero) is 1. The molecule has 0 aliphatic rings. The molecule has 1 aromatic heterocycles. The van der Waals surface area contributed by atoms with Gasteiger partial charge in [-0.3, -0.25) is 4.79 Å². The zero-order chi connectivity index (χ0) is 20.4. The van der Waals surface area contributed by atoms with Gasteiger partial charge in [0.1, 0.15) is 0 Å². The first kappa shape index (κ1) is 20.9. The van der Waals surface area contributed by atoms with Gasteiger partial charge in [0.15, 0.2) is 5.78 Å².